The minimum Gasteiger partial charge on any atom is -0.337 e. The van der Waals surface area contributed by atoms with Gasteiger partial charge in [0.25, 0.3) is 0 Å². The van der Waals surface area contributed by atoms with E-state index in [1.165, 1.54) is 19.4 Å². The topological polar surface area (TPSA) is 12.0 Å². The van der Waals surface area contributed by atoms with Crippen LogP contribution in [0.25, 0.3) is 0 Å². The summed E-state index contributed by atoms with van der Waals surface area (Å²) in [6.07, 6.45) is 2.61. The molecule has 0 heterocycles. The van der Waals surface area contributed by atoms with Gasteiger partial charge in [-0.15, -0.1) is 0 Å². The Balaban J connectivity index is 3.88. The van der Waals surface area contributed by atoms with Crippen molar-refractivity contribution in [1.29, 1.82) is 0 Å². The Bertz CT molecular complexity index is 124. The van der Waals surface area contributed by atoms with E-state index in [2.05, 4.69) is 45.8 Å². The Morgan fingerprint density at radius 3 is 2.00 bits per heavy atom. The first-order chi connectivity index (χ1) is 5.31. The van der Waals surface area contributed by atoms with Crippen molar-refractivity contribution in [2.24, 2.45) is 0 Å². The van der Waals surface area contributed by atoms with Crippen LogP contribution in [-0.2, 0) is 0 Å². The van der Waals surface area contributed by atoms with Gasteiger partial charge < -0.3 is 4.98 Å². The Hall–Kier alpha value is 0.177. The minimum atomic E-state index is -1.19. The summed E-state index contributed by atoms with van der Waals surface area (Å²) >= 11 is 0. The predicted octanol–water partition coefficient (Wildman–Crippen LogP) is 3.38. The van der Waals surface area contributed by atoms with Crippen LogP contribution >= 0.6 is 0 Å². The van der Waals surface area contributed by atoms with E-state index in [1.54, 1.807) is 0 Å². The zero-order valence-corrected chi connectivity index (χ0v) is 10.6. The second kappa shape index (κ2) is 4.42. The van der Waals surface area contributed by atoms with E-state index in [9.17, 15) is 0 Å². The van der Waals surface area contributed by atoms with Gasteiger partial charge in [0.15, 0.2) is 0 Å². The van der Waals surface area contributed by atoms with E-state index in [-0.39, 0.29) is 0 Å². The van der Waals surface area contributed by atoms with Crippen molar-refractivity contribution in [3.63, 3.8) is 0 Å². The first kappa shape index (κ1) is 12.2. The highest BCUT2D eigenvalue weighted by atomic mass is 28.3. The van der Waals surface area contributed by atoms with Crippen LogP contribution in [0, 0.1) is 0 Å². The van der Waals surface area contributed by atoms with E-state index >= 15 is 0 Å². The average molecular weight is 187 g/mol. The third-order valence-corrected chi connectivity index (χ3v) is 7.86. The van der Waals surface area contributed by atoms with Crippen LogP contribution in [-0.4, -0.2) is 14.8 Å². The van der Waals surface area contributed by atoms with Crippen LogP contribution in [0.1, 0.15) is 40.5 Å². The normalized spacial score (nSPS) is 13.5. The van der Waals surface area contributed by atoms with Crippen LogP contribution in [0.2, 0.25) is 18.1 Å². The largest absolute Gasteiger partial charge is 0.337 e. The molecular formula is C10H25NSi. The molecule has 0 spiro atoms. The second-order valence-electron chi connectivity index (χ2n) is 5.16. The molecule has 12 heavy (non-hydrogen) atoms. The number of hydrogen-bond donors (Lipinski definition) is 1. The van der Waals surface area contributed by atoms with Crippen molar-refractivity contribution in [1.82, 2.24) is 4.98 Å². The summed E-state index contributed by atoms with van der Waals surface area (Å²) in [6, 6.07) is 0. The summed E-state index contributed by atoms with van der Waals surface area (Å²) < 4.78 is 0. The molecule has 0 saturated heterocycles. The van der Waals surface area contributed by atoms with Gasteiger partial charge >= 0.3 is 0 Å². The van der Waals surface area contributed by atoms with Gasteiger partial charge in [0.05, 0.1) is 0 Å². The monoisotopic (exact) mass is 187 g/mol. The Kier molecular flexibility index (Phi) is 4.49. The van der Waals surface area contributed by atoms with Crippen LogP contribution in [0.15, 0.2) is 0 Å². The summed E-state index contributed by atoms with van der Waals surface area (Å²) in [7, 11) is -1.19. The Morgan fingerprint density at radius 1 is 1.17 bits per heavy atom. The first-order valence-corrected chi connectivity index (χ1v) is 8.06. The highest BCUT2D eigenvalue weighted by Crippen LogP contribution is 2.33. The molecule has 74 valence electrons. The fourth-order valence-corrected chi connectivity index (χ4v) is 2.17. The van der Waals surface area contributed by atoms with Crippen LogP contribution < -0.4 is 4.98 Å². The quantitative estimate of drug-likeness (QED) is 0.525. The maximum atomic E-state index is 3.74. The molecule has 0 atom stereocenters. The predicted molar refractivity (Wildman–Crippen MR) is 60.1 cm³/mol. The summed E-state index contributed by atoms with van der Waals surface area (Å²) in [5, 5.41) is 0.473. The standard InChI is InChI=1S/C10H25NSi/c1-7-8-9-11-12(5,6)10(2,3)4/h11H,7-9H2,1-6H3. The second-order valence-corrected chi connectivity index (χ2v) is 10.3. The molecule has 0 fully saturated rings. The molecule has 0 aliphatic heterocycles. The molecule has 0 aliphatic carbocycles. The maximum Gasteiger partial charge on any atom is 0.124 e. The molecule has 0 bridgehead atoms. The molecule has 0 amide bonds. The van der Waals surface area contributed by atoms with E-state index in [1.807, 2.05) is 0 Å². The molecule has 1 N–H and O–H groups in total. The molecule has 0 saturated carbocycles. The average Bonchev–Trinajstić information content (AvgIpc) is 1.85. The van der Waals surface area contributed by atoms with E-state index < -0.39 is 8.24 Å². The summed E-state index contributed by atoms with van der Waals surface area (Å²) in [5.41, 5.74) is 0. The summed E-state index contributed by atoms with van der Waals surface area (Å²) in [4.78, 5) is 3.74. The zero-order valence-electron chi connectivity index (χ0n) is 9.62. The van der Waals surface area contributed by atoms with Crippen molar-refractivity contribution in [2.75, 3.05) is 6.54 Å². The first-order valence-electron chi connectivity index (χ1n) is 5.06. The molecule has 0 rings (SSSR count). The van der Waals surface area contributed by atoms with Crippen LogP contribution in [0.4, 0.5) is 0 Å². The third-order valence-electron chi connectivity index (χ3n) is 2.97. The van der Waals surface area contributed by atoms with Gasteiger partial charge in [0.2, 0.25) is 0 Å². The fraction of sp³-hybridized carbons (Fsp3) is 1.00. The van der Waals surface area contributed by atoms with E-state index in [0.717, 1.165) is 0 Å². The highest BCUT2D eigenvalue weighted by Gasteiger charge is 2.34. The van der Waals surface area contributed by atoms with E-state index in [4.69, 9.17) is 0 Å². The minimum absolute atomic E-state index is 0.473. The maximum absolute atomic E-state index is 3.74. The van der Waals surface area contributed by atoms with Gasteiger partial charge in [-0.2, -0.15) is 0 Å². The number of rotatable bonds is 4. The molecule has 0 aromatic heterocycles. The third kappa shape index (κ3) is 3.72. The Morgan fingerprint density at radius 2 is 1.67 bits per heavy atom. The van der Waals surface area contributed by atoms with Crippen molar-refractivity contribution < 1.29 is 0 Å². The fourth-order valence-electron chi connectivity index (χ4n) is 0.843. The molecule has 0 aliphatic rings. The molecule has 0 aromatic rings. The zero-order chi connectivity index (χ0) is 9.83. The molecular weight excluding hydrogens is 162 g/mol. The molecule has 0 unspecified atom stereocenters. The SMILES string of the molecule is CCCCN[Si](C)(C)C(C)(C)C. The van der Waals surface area contributed by atoms with Gasteiger partial charge in [-0.05, 0) is 18.0 Å². The smallest absolute Gasteiger partial charge is 0.124 e. The number of unbranched alkanes of at least 4 members (excludes halogenated alkanes) is 1. The lowest BCUT2D eigenvalue weighted by molar-refractivity contribution is 0.666. The molecule has 2 heteroatoms. The lowest BCUT2D eigenvalue weighted by Crippen LogP contribution is -2.52. The van der Waals surface area contributed by atoms with Crippen LogP contribution in [0.3, 0.4) is 0 Å². The molecule has 1 nitrogen and oxygen atoms in total. The summed E-state index contributed by atoms with van der Waals surface area (Å²) in [5.74, 6) is 0. The van der Waals surface area contributed by atoms with Crippen LogP contribution in [0.5, 0.6) is 0 Å². The van der Waals surface area contributed by atoms with Crippen molar-refractivity contribution >= 4 is 8.24 Å². The summed E-state index contributed by atoms with van der Waals surface area (Å²) in [6.45, 7) is 15.3. The van der Waals surface area contributed by atoms with E-state index in [0.29, 0.717) is 5.04 Å². The lowest BCUT2D eigenvalue weighted by Gasteiger charge is -2.37. The molecule has 0 aromatic carbocycles. The van der Waals surface area contributed by atoms with Gasteiger partial charge in [-0.25, -0.2) is 0 Å². The van der Waals surface area contributed by atoms with Crippen molar-refractivity contribution in [2.45, 2.75) is 58.7 Å². The Labute approximate surface area is 79.0 Å². The van der Waals surface area contributed by atoms with Gasteiger partial charge in [-0.1, -0.05) is 47.2 Å². The number of nitrogens with one attached hydrogen (secondary N) is 1. The molecule has 0 radical (unpaired) electrons. The number of hydrogen-bond acceptors (Lipinski definition) is 1. The van der Waals surface area contributed by atoms with Gasteiger partial charge in [-0.3, -0.25) is 0 Å². The van der Waals surface area contributed by atoms with Crippen molar-refractivity contribution in [3.05, 3.63) is 0 Å². The lowest BCUT2D eigenvalue weighted by atomic mass is 10.2. The van der Waals surface area contributed by atoms with Gasteiger partial charge in [0.1, 0.15) is 8.24 Å². The van der Waals surface area contributed by atoms with Crippen molar-refractivity contribution in [3.8, 4) is 0 Å². The highest BCUT2D eigenvalue weighted by molar-refractivity contribution is 6.77. The van der Waals surface area contributed by atoms with Gasteiger partial charge in [0, 0.05) is 0 Å².